The number of benzene rings is 1. The number of likely N-dealkylation sites (tertiary alicyclic amines) is 1. The van der Waals surface area contributed by atoms with Gasteiger partial charge in [0.05, 0.1) is 5.75 Å². The number of imide groups is 1. The second-order valence-corrected chi connectivity index (χ2v) is 6.84. The van der Waals surface area contributed by atoms with Gasteiger partial charge in [-0.1, -0.05) is 23.4 Å². The predicted molar refractivity (Wildman–Crippen MR) is 89.8 cm³/mol. The lowest BCUT2D eigenvalue weighted by atomic mass is 10.0. The molecule has 2 aliphatic heterocycles. The van der Waals surface area contributed by atoms with Crippen LogP contribution in [0.25, 0.3) is 0 Å². The molecule has 1 aromatic carbocycles. The minimum atomic E-state index is -0.181. The lowest BCUT2D eigenvalue weighted by Crippen LogP contribution is -2.49. The fourth-order valence-electron chi connectivity index (χ4n) is 2.78. The molecule has 2 aliphatic rings. The number of nitrogens with zero attached hydrogens (tertiary/aromatic N) is 2. The van der Waals surface area contributed by atoms with E-state index in [1.54, 1.807) is 29.2 Å². The smallest absolute Gasteiger partial charge is 0.321 e. The molecule has 6 nitrogen and oxygen atoms in total. The van der Waals surface area contributed by atoms with Crippen LogP contribution in [0.2, 0.25) is 5.02 Å². The molecule has 2 fully saturated rings. The van der Waals surface area contributed by atoms with Crippen LogP contribution in [0.5, 0.6) is 0 Å². The Labute approximate surface area is 143 Å². The second kappa shape index (κ2) is 6.80. The van der Waals surface area contributed by atoms with Crippen molar-refractivity contribution in [2.75, 3.05) is 24.2 Å². The van der Waals surface area contributed by atoms with Crippen LogP contribution in [-0.4, -0.2) is 51.9 Å². The van der Waals surface area contributed by atoms with Crippen molar-refractivity contribution >= 4 is 46.2 Å². The topological polar surface area (TPSA) is 69.7 Å². The van der Waals surface area contributed by atoms with Gasteiger partial charge in [-0.2, -0.15) is 0 Å². The summed E-state index contributed by atoms with van der Waals surface area (Å²) in [6, 6.07) is 6.64. The van der Waals surface area contributed by atoms with Crippen LogP contribution in [-0.2, 0) is 4.79 Å². The number of rotatable bonds is 2. The molecule has 8 heteroatoms. The van der Waals surface area contributed by atoms with Gasteiger partial charge in [0.25, 0.3) is 5.24 Å². The average molecular weight is 354 g/mol. The number of nitrogens with one attached hydrogen (secondary N) is 1. The van der Waals surface area contributed by atoms with Crippen molar-refractivity contribution in [3.05, 3.63) is 29.3 Å². The summed E-state index contributed by atoms with van der Waals surface area (Å²) in [5.41, 5.74) is 0.683. The van der Waals surface area contributed by atoms with Crippen LogP contribution in [0.1, 0.15) is 12.8 Å². The number of amides is 4. The van der Waals surface area contributed by atoms with Crippen molar-refractivity contribution in [1.82, 2.24) is 9.80 Å². The third-order valence-corrected chi connectivity index (χ3v) is 5.08. The molecule has 1 aromatic rings. The van der Waals surface area contributed by atoms with Crippen LogP contribution in [0.3, 0.4) is 0 Å². The van der Waals surface area contributed by atoms with Crippen LogP contribution >= 0.6 is 23.4 Å². The Balaban J connectivity index is 1.54. The molecule has 122 valence electrons. The van der Waals surface area contributed by atoms with Gasteiger partial charge >= 0.3 is 6.03 Å². The van der Waals surface area contributed by atoms with Crippen molar-refractivity contribution in [3.63, 3.8) is 0 Å². The van der Waals surface area contributed by atoms with E-state index in [2.05, 4.69) is 5.32 Å². The summed E-state index contributed by atoms with van der Waals surface area (Å²) in [7, 11) is 0. The summed E-state index contributed by atoms with van der Waals surface area (Å²) >= 11 is 6.87. The normalized spacial score (nSPS) is 19.3. The molecule has 0 aromatic heterocycles. The Bertz CT molecular complexity index is 613. The average Bonchev–Trinajstić information content (AvgIpc) is 2.88. The largest absolute Gasteiger partial charge is 0.324 e. The third kappa shape index (κ3) is 3.61. The number of anilines is 1. The van der Waals surface area contributed by atoms with E-state index >= 15 is 0 Å². The van der Waals surface area contributed by atoms with E-state index in [1.807, 2.05) is 0 Å². The van der Waals surface area contributed by atoms with Gasteiger partial charge in [-0.3, -0.25) is 14.5 Å². The van der Waals surface area contributed by atoms with Gasteiger partial charge in [0.2, 0.25) is 5.91 Å². The summed E-state index contributed by atoms with van der Waals surface area (Å²) < 4.78 is 0. The monoisotopic (exact) mass is 353 g/mol. The van der Waals surface area contributed by atoms with Crippen molar-refractivity contribution in [2.24, 2.45) is 0 Å². The van der Waals surface area contributed by atoms with Gasteiger partial charge in [-0.05, 0) is 37.1 Å². The summed E-state index contributed by atoms with van der Waals surface area (Å²) in [5, 5.41) is 3.26. The van der Waals surface area contributed by atoms with Gasteiger partial charge in [0.15, 0.2) is 0 Å². The molecule has 0 unspecified atom stereocenters. The third-order valence-electron chi connectivity index (χ3n) is 4.00. The molecule has 0 radical (unpaired) electrons. The van der Waals surface area contributed by atoms with Crippen molar-refractivity contribution < 1.29 is 14.4 Å². The van der Waals surface area contributed by atoms with E-state index in [1.165, 1.54) is 4.90 Å². The number of thioether (sulfide) groups is 1. The Morgan fingerprint density at radius 2 is 1.83 bits per heavy atom. The van der Waals surface area contributed by atoms with Crippen LogP contribution < -0.4 is 5.32 Å². The first-order valence-corrected chi connectivity index (χ1v) is 8.71. The van der Waals surface area contributed by atoms with Crippen LogP contribution in [0.4, 0.5) is 15.3 Å². The molecular formula is C15H16ClN3O3S. The number of hydrogen-bond acceptors (Lipinski definition) is 4. The summed E-state index contributed by atoms with van der Waals surface area (Å²) in [6.45, 7) is 1.04. The standard InChI is InChI=1S/C15H16ClN3O3S/c16-10-1-3-11(4-2-10)17-14(21)18-7-5-12(6-8-18)19-13(20)9-23-15(19)22/h1-4,12H,5-9H2,(H,17,21). The highest BCUT2D eigenvalue weighted by Gasteiger charge is 2.37. The fourth-order valence-corrected chi connectivity index (χ4v) is 3.68. The molecule has 0 atom stereocenters. The van der Waals surface area contributed by atoms with E-state index in [0.29, 0.717) is 36.6 Å². The molecule has 0 bridgehead atoms. The van der Waals surface area contributed by atoms with Crippen molar-refractivity contribution in [3.8, 4) is 0 Å². The van der Waals surface area contributed by atoms with Gasteiger partial charge in [0, 0.05) is 29.8 Å². The second-order valence-electron chi connectivity index (χ2n) is 5.47. The first-order chi connectivity index (χ1) is 11.0. The maximum absolute atomic E-state index is 12.2. The zero-order valence-corrected chi connectivity index (χ0v) is 13.9. The summed E-state index contributed by atoms with van der Waals surface area (Å²) in [5.74, 6) is 0.111. The minimum Gasteiger partial charge on any atom is -0.324 e. The first-order valence-electron chi connectivity index (χ1n) is 7.35. The SMILES string of the molecule is O=C(Nc1ccc(Cl)cc1)N1CCC(N2C(=O)CSC2=O)CC1. The lowest BCUT2D eigenvalue weighted by Gasteiger charge is -2.35. The van der Waals surface area contributed by atoms with Crippen molar-refractivity contribution in [1.29, 1.82) is 0 Å². The molecule has 0 saturated carbocycles. The van der Waals surface area contributed by atoms with Gasteiger partial charge in [-0.15, -0.1) is 0 Å². The molecule has 0 aliphatic carbocycles. The zero-order valence-electron chi connectivity index (χ0n) is 12.3. The van der Waals surface area contributed by atoms with Gasteiger partial charge < -0.3 is 10.2 Å². The number of hydrogen-bond donors (Lipinski definition) is 1. The lowest BCUT2D eigenvalue weighted by molar-refractivity contribution is -0.126. The van der Waals surface area contributed by atoms with E-state index in [4.69, 9.17) is 11.6 Å². The van der Waals surface area contributed by atoms with Crippen LogP contribution in [0, 0.1) is 0 Å². The highest BCUT2D eigenvalue weighted by molar-refractivity contribution is 8.14. The van der Waals surface area contributed by atoms with E-state index < -0.39 is 0 Å². The zero-order chi connectivity index (χ0) is 16.4. The highest BCUT2D eigenvalue weighted by Crippen LogP contribution is 2.27. The molecule has 2 saturated heterocycles. The predicted octanol–water partition coefficient (Wildman–Crippen LogP) is 3.03. The van der Waals surface area contributed by atoms with Gasteiger partial charge in [-0.25, -0.2) is 4.79 Å². The minimum absolute atomic E-state index is 0.0930. The Morgan fingerprint density at radius 1 is 1.17 bits per heavy atom. The van der Waals surface area contributed by atoms with E-state index in [0.717, 1.165) is 11.8 Å². The van der Waals surface area contributed by atoms with E-state index in [-0.39, 0.29) is 29.0 Å². The van der Waals surface area contributed by atoms with Crippen molar-refractivity contribution in [2.45, 2.75) is 18.9 Å². The molecule has 23 heavy (non-hydrogen) atoms. The number of carbonyl (C=O) groups excluding carboxylic acids is 3. The molecular weight excluding hydrogens is 338 g/mol. The fraction of sp³-hybridized carbons (Fsp3) is 0.400. The molecule has 1 N–H and O–H groups in total. The number of urea groups is 1. The first kappa shape index (κ1) is 16.1. The maximum atomic E-state index is 12.2. The maximum Gasteiger partial charge on any atom is 0.321 e. The molecule has 2 heterocycles. The Kier molecular flexibility index (Phi) is 4.77. The molecule has 0 spiro atoms. The number of carbonyl (C=O) groups is 3. The number of halogens is 1. The molecule has 4 amide bonds. The quantitative estimate of drug-likeness (QED) is 0.887. The highest BCUT2D eigenvalue weighted by atomic mass is 35.5. The summed E-state index contributed by atoms with van der Waals surface area (Å²) in [6.07, 6.45) is 1.23. The Morgan fingerprint density at radius 3 is 2.39 bits per heavy atom. The van der Waals surface area contributed by atoms with Crippen LogP contribution in [0.15, 0.2) is 24.3 Å². The molecule has 3 rings (SSSR count). The Hall–Kier alpha value is -1.73. The van der Waals surface area contributed by atoms with Gasteiger partial charge in [0.1, 0.15) is 0 Å². The number of piperidine rings is 1. The summed E-state index contributed by atoms with van der Waals surface area (Å²) in [4.78, 5) is 38.8. The van der Waals surface area contributed by atoms with E-state index in [9.17, 15) is 14.4 Å².